The topological polar surface area (TPSA) is 54.7 Å². The maximum absolute atomic E-state index is 5.70. The van der Waals surface area contributed by atoms with Gasteiger partial charge in [0.1, 0.15) is 5.01 Å². The first-order chi connectivity index (χ1) is 9.28. The molecule has 0 aliphatic heterocycles. The molecule has 0 radical (unpaired) electrons. The normalized spacial score (nSPS) is 10.8. The third-order valence-electron chi connectivity index (χ3n) is 3.07. The number of thiazole rings is 1. The third kappa shape index (κ3) is 2.32. The van der Waals surface area contributed by atoms with Crippen LogP contribution in [0.15, 0.2) is 42.7 Å². The smallest absolute Gasteiger partial charge is 0.125 e. The maximum Gasteiger partial charge on any atom is 0.125 e. The molecule has 0 unspecified atom stereocenters. The van der Waals surface area contributed by atoms with Crippen LogP contribution in [0.1, 0.15) is 11.3 Å². The van der Waals surface area contributed by atoms with E-state index in [2.05, 4.69) is 29.0 Å². The Kier molecular flexibility index (Phi) is 3.19. The van der Waals surface area contributed by atoms with Gasteiger partial charge in [0, 0.05) is 24.5 Å². The summed E-state index contributed by atoms with van der Waals surface area (Å²) in [7, 11) is 0. The summed E-state index contributed by atoms with van der Waals surface area (Å²) in [6.07, 6.45) is 3.89. The summed E-state index contributed by atoms with van der Waals surface area (Å²) in [6, 6.07) is 10.4. The second-order valence-corrected chi connectivity index (χ2v) is 5.44. The molecule has 1 aromatic carbocycles. The molecule has 96 valence electrons. The molecule has 0 atom stereocenters. The summed E-state index contributed by atoms with van der Waals surface area (Å²) in [5, 5.41) is 1.05. The van der Waals surface area contributed by atoms with E-state index >= 15 is 0 Å². The number of nitrogens with zero attached hydrogens (tertiary/aromatic N) is 1. The van der Waals surface area contributed by atoms with Gasteiger partial charge in [0.15, 0.2) is 0 Å². The van der Waals surface area contributed by atoms with Crippen LogP contribution in [0.2, 0.25) is 0 Å². The summed E-state index contributed by atoms with van der Waals surface area (Å²) < 4.78 is 0. The maximum atomic E-state index is 5.70. The lowest BCUT2D eigenvalue weighted by molar-refractivity contribution is 1.07. The average Bonchev–Trinajstić information content (AvgIpc) is 3.07. The van der Waals surface area contributed by atoms with Gasteiger partial charge in [-0.15, -0.1) is 11.3 Å². The van der Waals surface area contributed by atoms with Gasteiger partial charge in [0.25, 0.3) is 0 Å². The number of benzene rings is 1. The Bertz CT molecular complexity index is 683. The summed E-state index contributed by atoms with van der Waals surface area (Å²) in [6.45, 7) is 2.62. The molecule has 2 heterocycles. The second-order valence-electron chi connectivity index (χ2n) is 4.44. The lowest BCUT2D eigenvalue weighted by atomic mass is 10.1. The minimum Gasteiger partial charge on any atom is -0.367 e. The molecule has 0 bridgehead atoms. The van der Waals surface area contributed by atoms with E-state index in [0.29, 0.717) is 6.54 Å². The van der Waals surface area contributed by atoms with Crippen molar-refractivity contribution in [3.63, 3.8) is 0 Å². The van der Waals surface area contributed by atoms with Crippen LogP contribution in [0.3, 0.4) is 0 Å². The van der Waals surface area contributed by atoms with Crippen LogP contribution in [0.4, 0.5) is 0 Å². The van der Waals surface area contributed by atoms with Crippen LogP contribution in [0.25, 0.3) is 21.0 Å². The first-order valence-corrected chi connectivity index (χ1v) is 6.99. The van der Waals surface area contributed by atoms with Crippen molar-refractivity contribution in [1.82, 2.24) is 9.97 Å². The summed E-state index contributed by atoms with van der Waals surface area (Å²) in [5.74, 6) is 0. The largest absolute Gasteiger partial charge is 0.367 e. The molecule has 0 saturated heterocycles. The zero-order valence-corrected chi connectivity index (χ0v) is 11.5. The first kappa shape index (κ1) is 12.1. The van der Waals surface area contributed by atoms with Crippen LogP contribution in [0.5, 0.6) is 0 Å². The van der Waals surface area contributed by atoms with Gasteiger partial charge in [-0.1, -0.05) is 18.2 Å². The molecule has 4 heteroatoms. The molecule has 2 aromatic heterocycles. The number of aryl methyl sites for hydroxylation is 1. The van der Waals surface area contributed by atoms with E-state index in [1.165, 1.54) is 10.4 Å². The van der Waals surface area contributed by atoms with E-state index in [9.17, 15) is 0 Å². The zero-order chi connectivity index (χ0) is 13.2. The predicted molar refractivity (Wildman–Crippen MR) is 80.0 cm³/mol. The summed E-state index contributed by atoms with van der Waals surface area (Å²) in [4.78, 5) is 8.93. The Morgan fingerprint density at radius 3 is 2.89 bits per heavy atom. The van der Waals surface area contributed by atoms with Crippen molar-refractivity contribution in [3.05, 3.63) is 54.0 Å². The molecular formula is C15H15N3S. The first-order valence-electron chi connectivity index (χ1n) is 6.18. The Morgan fingerprint density at radius 2 is 2.16 bits per heavy atom. The lowest BCUT2D eigenvalue weighted by Crippen LogP contribution is -1.95. The Morgan fingerprint density at radius 1 is 1.26 bits per heavy atom. The van der Waals surface area contributed by atoms with Gasteiger partial charge in [-0.05, 0) is 30.2 Å². The monoisotopic (exact) mass is 269 g/mol. The Hall–Kier alpha value is -1.91. The number of nitrogens with two attached hydrogens (primary N) is 1. The van der Waals surface area contributed by atoms with Crippen molar-refractivity contribution < 1.29 is 0 Å². The van der Waals surface area contributed by atoms with Crippen LogP contribution >= 0.6 is 11.3 Å². The highest BCUT2D eigenvalue weighted by molar-refractivity contribution is 7.18. The highest BCUT2D eigenvalue weighted by Gasteiger charge is 2.11. The molecule has 0 aliphatic carbocycles. The fourth-order valence-electron chi connectivity index (χ4n) is 2.08. The van der Waals surface area contributed by atoms with E-state index in [-0.39, 0.29) is 0 Å². The number of hydrogen-bond acceptors (Lipinski definition) is 3. The zero-order valence-electron chi connectivity index (χ0n) is 10.7. The molecule has 3 N–H and O–H groups in total. The molecule has 0 amide bonds. The molecule has 0 aliphatic rings. The number of hydrogen-bond donors (Lipinski definition) is 2. The van der Waals surface area contributed by atoms with Crippen molar-refractivity contribution in [3.8, 4) is 21.0 Å². The number of rotatable bonds is 3. The van der Waals surface area contributed by atoms with Gasteiger partial charge in [0.05, 0.1) is 10.6 Å². The molecule has 3 nitrogen and oxygen atoms in total. The van der Waals surface area contributed by atoms with Gasteiger partial charge in [0.2, 0.25) is 0 Å². The average molecular weight is 269 g/mol. The van der Waals surface area contributed by atoms with Gasteiger partial charge < -0.3 is 10.7 Å². The van der Waals surface area contributed by atoms with Gasteiger partial charge in [-0.2, -0.15) is 0 Å². The number of nitrogens with one attached hydrogen (secondary N) is 1. The minimum atomic E-state index is 0.566. The third-order valence-corrected chi connectivity index (χ3v) is 4.32. The van der Waals surface area contributed by atoms with Crippen LogP contribution in [-0.2, 0) is 6.54 Å². The van der Waals surface area contributed by atoms with Crippen molar-refractivity contribution in [1.29, 1.82) is 0 Å². The second kappa shape index (κ2) is 4.99. The predicted octanol–water partition coefficient (Wildman–Crippen LogP) is 3.57. The standard InChI is InChI=1S/C15H15N3S/c1-10-14(12-4-2-3-11(7-12)8-16)19-15(18-10)13-5-6-17-9-13/h2-7,9,17H,8,16H2,1H3. The fraction of sp³-hybridized carbons (Fsp3) is 0.133. The quantitative estimate of drug-likeness (QED) is 0.763. The number of aromatic amines is 1. The van der Waals surface area contributed by atoms with E-state index in [1.807, 2.05) is 30.6 Å². The summed E-state index contributed by atoms with van der Waals surface area (Å²) in [5.41, 5.74) is 10.2. The van der Waals surface area contributed by atoms with Gasteiger partial charge in [-0.25, -0.2) is 4.98 Å². The molecule has 3 rings (SSSR count). The number of aromatic nitrogens is 2. The highest BCUT2D eigenvalue weighted by atomic mass is 32.1. The molecule has 0 spiro atoms. The minimum absolute atomic E-state index is 0.566. The lowest BCUT2D eigenvalue weighted by Gasteiger charge is -2.01. The number of H-pyrrole nitrogens is 1. The molecular weight excluding hydrogens is 254 g/mol. The van der Waals surface area contributed by atoms with Gasteiger partial charge >= 0.3 is 0 Å². The molecule has 19 heavy (non-hydrogen) atoms. The fourth-order valence-corrected chi connectivity index (χ4v) is 3.14. The van der Waals surface area contributed by atoms with E-state index < -0.39 is 0 Å². The van der Waals surface area contributed by atoms with Crippen LogP contribution < -0.4 is 5.73 Å². The molecule has 3 aromatic rings. The SMILES string of the molecule is Cc1nc(-c2cc[nH]c2)sc1-c1cccc(CN)c1. The highest BCUT2D eigenvalue weighted by Crippen LogP contribution is 2.35. The van der Waals surface area contributed by atoms with Crippen molar-refractivity contribution in [2.75, 3.05) is 0 Å². The van der Waals surface area contributed by atoms with Gasteiger partial charge in [-0.3, -0.25) is 0 Å². The molecule has 0 fully saturated rings. The van der Waals surface area contributed by atoms with E-state index in [0.717, 1.165) is 21.8 Å². The van der Waals surface area contributed by atoms with Crippen LogP contribution in [-0.4, -0.2) is 9.97 Å². The van der Waals surface area contributed by atoms with E-state index in [4.69, 9.17) is 5.73 Å². The van der Waals surface area contributed by atoms with Crippen LogP contribution in [0, 0.1) is 6.92 Å². The van der Waals surface area contributed by atoms with Crippen molar-refractivity contribution >= 4 is 11.3 Å². The van der Waals surface area contributed by atoms with Crippen molar-refractivity contribution in [2.45, 2.75) is 13.5 Å². The summed E-state index contributed by atoms with van der Waals surface area (Å²) >= 11 is 1.72. The Labute approximate surface area is 116 Å². The van der Waals surface area contributed by atoms with Crippen molar-refractivity contribution in [2.24, 2.45) is 5.73 Å². The van der Waals surface area contributed by atoms with E-state index in [1.54, 1.807) is 11.3 Å². The Balaban J connectivity index is 2.05. The molecule has 0 saturated carbocycles.